The molecule has 2 aromatic rings. The highest BCUT2D eigenvalue weighted by atomic mass is 19.1. The van der Waals surface area contributed by atoms with Crippen molar-refractivity contribution in [3.8, 4) is 11.5 Å². The van der Waals surface area contributed by atoms with Crippen LogP contribution in [0.25, 0.3) is 0 Å². The summed E-state index contributed by atoms with van der Waals surface area (Å²) in [4.78, 5) is 12.9. The average molecular weight is 338 g/mol. The molecule has 2 aromatic carbocycles. The van der Waals surface area contributed by atoms with Gasteiger partial charge in [-0.15, -0.1) is 0 Å². The van der Waals surface area contributed by atoms with Crippen LogP contribution in [0.5, 0.6) is 11.5 Å². The van der Waals surface area contributed by atoms with Gasteiger partial charge in [-0.05, 0) is 29.7 Å². The smallest absolute Gasteiger partial charge is 0.163 e. The lowest BCUT2D eigenvalue weighted by Crippen LogP contribution is -2.29. The van der Waals surface area contributed by atoms with Gasteiger partial charge in [-0.3, -0.25) is 4.79 Å². The number of aliphatic hydroxyl groups excluding tert-OH is 1. The monoisotopic (exact) mass is 338 g/mol. The summed E-state index contributed by atoms with van der Waals surface area (Å²) in [7, 11) is 0. The van der Waals surface area contributed by atoms with Gasteiger partial charge >= 0.3 is 0 Å². The van der Waals surface area contributed by atoms with Gasteiger partial charge in [0, 0.05) is 35.5 Å². The topological polar surface area (TPSA) is 46.5 Å². The Kier molecular flexibility index (Phi) is 3.46. The fraction of sp³-hybridized carbons (Fsp3) is 0.286. The van der Waals surface area contributed by atoms with Crippen LogP contribution >= 0.6 is 0 Å². The Hall–Kier alpha value is -2.62. The van der Waals surface area contributed by atoms with Gasteiger partial charge in [-0.2, -0.15) is 0 Å². The van der Waals surface area contributed by atoms with Crippen LogP contribution in [0.15, 0.2) is 53.8 Å². The first-order valence-corrected chi connectivity index (χ1v) is 8.37. The maximum absolute atomic E-state index is 13.9. The van der Waals surface area contributed by atoms with Crippen LogP contribution in [0.4, 0.5) is 4.39 Å². The van der Waals surface area contributed by atoms with E-state index in [4.69, 9.17) is 4.74 Å². The molecule has 25 heavy (non-hydrogen) atoms. The van der Waals surface area contributed by atoms with Crippen molar-refractivity contribution in [3.63, 3.8) is 0 Å². The second kappa shape index (κ2) is 5.45. The van der Waals surface area contributed by atoms with Gasteiger partial charge in [-0.25, -0.2) is 4.39 Å². The Morgan fingerprint density at radius 3 is 2.56 bits per heavy atom. The lowest BCUT2D eigenvalue weighted by atomic mass is 9.70. The third kappa shape index (κ3) is 2.62. The number of benzene rings is 2. The maximum Gasteiger partial charge on any atom is 0.163 e. The second-order valence-electron chi connectivity index (χ2n) is 7.56. The molecular formula is C21H19FO3. The summed E-state index contributed by atoms with van der Waals surface area (Å²) in [6, 6.07) is 11.7. The number of fused-ring (bicyclic) bond motifs is 2. The largest absolute Gasteiger partial charge is 0.512 e. The normalized spacial score (nSPS) is 21.4. The van der Waals surface area contributed by atoms with E-state index >= 15 is 0 Å². The Bertz CT molecular complexity index is 911. The fourth-order valence-corrected chi connectivity index (χ4v) is 3.88. The molecule has 0 spiro atoms. The number of carbonyl (C=O) groups excluding carboxylic acids is 1. The van der Waals surface area contributed by atoms with Gasteiger partial charge in [0.1, 0.15) is 23.1 Å². The minimum atomic E-state index is -0.515. The quantitative estimate of drug-likeness (QED) is 0.771. The van der Waals surface area contributed by atoms with Crippen LogP contribution < -0.4 is 4.74 Å². The third-order valence-corrected chi connectivity index (χ3v) is 4.92. The molecule has 0 saturated carbocycles. The zero-order valence-electron chi connectivity index (χ0n) is 14.2. The van der Waals surface area contributed by atoms with Crippen molar-refractivity contribution in [3.05, 3.63) is 70.7 Å². The minimum absolute atomic E-state index is 0.0920. The van der Waals surface area contributed by atoms with Crippen molar-refractivity contribution in [1.29, 1.82) is 0 Å². The highest BCUT2D eigenvalue weighted by Crippen LogP contribution is 2.51. The number of Topliss-reactive ketones (excluding diaryl/α,β-unsaturated/α-hetero) is 1. The zero-order chi connectivity index (χ0) is 17.8. The van der Waals surface area contributed by atoms with E-state index in [-0.39, 0.29) is 17.0 Å². The molecule has 2 aliphatic rings. The lowest BCUT2D eigenvalue weighted by molar-refractivity contribution is -0.118. The summed E-state index contributed by atoms with van der Waals surface area (Å²) < 4.78 is 19.8. The SMILES string of the molecule is CC1(C)CC(=O)C([C@@H]2c3ccccc3Oc3ccc(F)cc32)=C(O)C1. The third-order valence-electron chi connectivity index (χ3n) is 4.92. The van der Waals surface area contributed by atoms with Crippen molar-refractivity contribution in [2.75, 3.05) is 0 Å². The second-order valence-corrected chi connectivity index (χ2v) is 7.56. The summed E-state index contributed by atoms with van der Waals surface area (Å²) in [5.41, 5.74) is 1.44. The van der Waals surface area contributed by atoms with E-state index in [1.807, 2.05) is 38.1 Å². The highest BCUT2D eigenvalue weighted by Gasteiger charge is 2.40. The number of ketones is 1. The van der Waals surface area contributed by atoms with E-state index in [1.54, 1.807) is 6.07 Å². The number of carbonyl (C=O) groups is 1. The van der Waals surface area contributed by atoms with Crippen LogP contribution in [-0.2, 0) is 4.79 Å². The van der Waals surface area contributed by atoms with E-state index in [2.05, 4.69) is 0 Å². The molecule has 1 atom stereocenters. The van der Waals surface area contributed by atoms with Crippen LogP contribution in [0.3, 0.4) is 0 Å². The number of para-hydroxylation sites is 1. The molecule has 1 N–H and O–H groups in total. The molecule has 1 aliphatic heterocycles. The zero-order valence-corrected chi connectivity index (χ0v) is 14.2. The maximum atomic E-state index is 13.9. The first kappa shape index (κ1) is 15.9. The molecule has 128 valence electrons. The molecular weight excluding hydrogens is 319 g/mol. The summed E-state index contributed by atoms with van der Waals surface area (Å²) in [6.07, 6.45) is 0.787. The molecule has 0 unspecified atom stereocenters. The van der Waals surface area contributed by atoms with Crippen molar-refractivity contribution < 1.29 is 19.0 Å². The van der Waals surface area contributed by atoms with E-state index in [1.165, 1.54) is 12.1 Å². The first-order chi connectivity index (χ1) is 11.9. The Morgan fingerprint density at radius 1 is 1.08 bits per heavy atom. The van der Waals surface area contributed by atoms with Crippen molar-refractivity contribution in [1.82, 2.24) is 0 Å². The van der Waals surface area contributed by atoms with Crippen molar-refractivity contribution in [2.45, 2.75) is 32.6 Å². The molecule has 0 fully saturated rings. The molecule has 4 heteroatoms. The highest BCUT2D eigenvalue weighted by molar-refractivity contribution is 5.99. The van der Waals surface area contributed by atoms with Crippen LogP contribution in [-0.4, -0.2) is 10.9 Å². The molecule has 0 saturated heterocycles. The molecule has 0 amide bonds. The summed E-state index contributed by atoms with van der Waals surface area (Å²) in [5.74, 6) is 0.242. The number of hydrogen-bond donors (Lipinski definition) is 1. The Balaban J connectivity index is 1.96. The molecule has 0 aromatic heterocycles. The number of hydrogen-bond acceptors (Lipinski definition) is 3. The van der Waals surface area contributed by atoms with E-state index in [0.717, 1.165) is 5.56 Å². The first-order valence-electron chi connectivity index (χ1n) is 8.37. The standard InChI is InChI=1S/C21H19FO3/c1-21(2)10-15(23)20(16(24)11-21)19-13-5-3-4-6-17(13)25-18-8-7-12(22)9-14(18)19/h3-9,19,23H,10-11H2,1-2H3/t19-/m1/s1. The van der Waals surface area contributed by atoms with Crippen LogP contribution in [0.1, 0.15) is 43.7 Å². The molecule has 3 nitrogen and oxygen atoms in total. The predicted octanol–water partition coefficient (Wildman–Crippen LogP) is 5.26. The molecule has 1 heterocycles. The Morgan fingerprint density at radius 2 is 1.80 bits per heavy atom. The van der Waals surface area contributed by atoms with Gasteiger partial charge in [0.25, 0.3) is 0 Å². The van der Waals surface area contributed by atoms with Crippen molar-refractivity contribution >= 4 is 5.78 Å². The van der Waals surface area contributed by atoms with E-state index in [9.17, 15) is 14.3 Å². The van der Waals surface area contributed by atoms with E-state index < -0.39 is 11.7 Å². The van der Waals surface area contributed by atoms with E-state index in [0.29, 0.717) is 35.5 Å². The van der Waals surface area contributed by atoms with Gasteiger partial charge in [0.05, 0.1) is 0 Å². The van der Waals surface area contributed by atoms with Gasteiger partial charge in [0.2, 0.25) is 0 Å². The summed E-state index contributed by atoms with van der Waals surface area (Å²) in [5, 5.41) is 10.7. The number of halogens is 1. The molecule has 4 rings (SSSR count). The summed E-state index contributed by atoms with van der Waals surface area (Å²) in [6.45, 7) is 3.92. The van der Waals surface area contributed by atoms with Crippen LogP contribution in [0, 0.1) is 11.2 Å². The molecule has 0 bridgehead atoms. The number of ether oxygens (including phenoxy) is 1. The number of rotatable bonds is 1. The number of aliphatic hydroxyl groups is 1. The van der Waals surface area contributed by atoms with Gasteiger partial charge in [-0.1, -0.05) is 32.0 Å². The minimum Gasteiger partial charge on any atom is -0.512 e. The molecule has 1 aliphatic carbocycles. The Labute approximate surface area is 145 Å². The van der Waals surface area contributed by atoms with Crippen LogP contribution in [0.2, 0.25) is 0 Å². The fourth-order valence-electron chi connectivity index (χ4n) is 3.88. The van der Waals surface area contributed by atoms with Crippen molar-refractivity contribution in [2.24, 2.45) is 5.41 Å². The molecule has 0 radical (unpaired) electrons. The van der Waals surface area contributed by atoms with Gasteiger partial charge in [0.15, 0.2) is 5.78 Å². The summed E-state index contributed by atoms with van der Waals surface area (Å²) >= 11 is 0. The van der Waals surface area contributed by atoms with Gasteiger partial charge < -0.3 is 9.84 Å². The average Bonchev–Trinajstić information content (AvgIpc) is 2.53. The number of allylic oxidation sites excluding steroid dienone is 2. The predicted molar refractivity (Wildman–Crippen MR) is 92.4 cm³/mol. The lowest BCUT2D eigenvalue weighted by Gasteiger charge is -2.35.